The average Bonchev–Trinajstić information content (AvgIpc) is 3.89. The maximum Gasteiger partial charge on any atom is 0.243 e. The number of allylic oxidation sites excluding steroid dienone is 1. The Morgan fingerprint density at radius 2 is 1.85 bits per heavy atom. The zero-order valence-corrected chi connectivity index (χ0v) is 32.6. The fourth-order valence-corrected chi connectivity index (χ4v) is 10.4. The molecule has 10 nitrogen and oxygen atoms in total. The summed E-state index contributed by atoms with van der Waals surface area (Å²) in [6, 6.07) is 14.7. The zero-order chi connectivity index (χ0) is 36.9. The van der Waals surface area contributed by atoms with Crippen LogP contribution >= 0.6 is 23.2 Å². The van der Waals surface area contributed by atoms with E-state index in [9.17, 15) is 13.5 Å². The van der Waals surface area contributed by atoms with Crippen molar-refractivity contribution in [2.75, 3.05) is 57.7 Å². The summed E-state index contributed by atoms with van der Waals surface area (Å²) in [5.41, 5.74) is 5.64. The second-order valence-electron chi connectivity index (χ2n) is 15.8. The van der Waals surface area contributed by atoms with Crippen molar-refractivity contribution in [2.24, 2.45) is 5.41 Å². The van der Waals surface area contributed by atoms with Crippen LogP contribution in [0.2, 0.25) is 10.0 Å². The first-order chi connectivity index (χ1) is 25.4. The number of fused-ring (bicyclic) bond motifs is 1. The summed E-state index contributed by atoms with van der Waals surface area (Å²) in [5.74, 6) is -0.285. The summed E-state index contributed by atoms with van der Waals surface area (Å²) in [4.78, 5) is 12.3. The predicted octanol–water partition coefficient (Wildman–Crippen LogP) is 8.00. The van der Waals surface area contributed by atoms with Crippen LogP contribution in [0.15, 0.2) is 71.4 Å². The number of pyridine rings is 1. The van der Waals surface area contributed by atoms with Gasteiger partial charge in [0.25, 0.3) is 0 Å². The average molecular weight is 779 g/mol. The Balaban J connectivity index is 1.07. The molecule has 2 aliphatic carbocycles. The molecule has 0 amide bonds. The first-order valence-corrected chi connectivity index (χ1v) is 20.9. The molecule has 4 aliphatic rings. The van der Waals surface area contributed by atoms with Crippen LogP contribution < -0.4 is 5.32 Å². The molecule has 0 spiro atoms. The highest BCUT2D eigenvalue weighted by atomic mass is 35.5. The monoisotopic (exact) mass is 777 g/mol. The van der Waals surface area contributed by atoms with E-state index >= 15 is 0 Å². The standard InChI is InChI=1S/C40H47Cl2N6O4S/c1-40(2)13-11-27(33(20-40)26-3-5-28(41)6-4-26)23-46-15-16-48(36(25-46)38-32-12-14-43-39(32)45-22-37(38)49)53(50,51)31-9-10-35(34(42)19-31)44-21-30-24-47(17-18-52-30)29-7-8-29/h3-6,9-10,12,14,19,22,29-30,36,44H,7-8,11,13,15-18,20-21,23-25H2,1-2H3,(H,43,45). The minimum absolute atomic E-state index is 0.0333. The van der Waals surface area contributed by atoms with E-state index in [4.69, 9.17) is 27.9 Å². The Morgan fingerprint density at radius 1 is 1.04 bits per heavy atom. The van der Waals surface area contributed by atoms with Crippen LogP contribution in [0, 0.1) is 5.41 Å². The van der Waals surface area contributed by atoms with Crippen molar-refractivity contribution in [1.29, 1.82) is 0 Å². The van der Waals surface area contributed by atoms with Gasteiger partial charge in [-0.3, -0.25) is 14.9 Å². The molecule has 2 unspecified atom stereocenters. The van der Waals surface area contributed by atoms with E-state index < -0.39 is 16.1 Å². The zero-order valence-electron chi connectivity index (χ0n) is 30.3. The van der Waals surface area contributed by atoms with E-state index in [1.807, 2.05) is 18.2 Å². The van der Waals surface area contributed by atoms with Gasteiger partial charge in [-0.25, -0.2) is 13.4 Å². The molecule has 2 aromatic carbocycles. The number of sulfonamides is 1. The predicted molar refractivity (Wildman–Crippen MR) is 210 cm³/mol. The van der Waals surface area contributed by atoms with Crippen LogP contribution in [0.5, 0.6) is 5.75 Å². The third-order valence-corrected chi connectivity index (χ3v) is 13.9. The number of nitrogens with zero attached hydrogens (tertiary/aromatic N) is 4. The van der Waals surface area contributed by atoms with Crippen molar-refractivity contribution in [3.8, 4) is 5.75 Å². The topological polar surface area (TPSA) is 114 Å². The van der Waals surface area contributed by atoms with Crippen molar-refractivity contribution in [1.82, 2.24) is 24.1 Å². The Labute approximate surface area is 322 Å². The quantitative estimate of drug-likeness (QED) is 0.168. The van der Waals surface area contributed by atoms with E-state index in [1.165, 1.54) is 46.1 Å². The first kappa shape index (κ1) is 36.8. The highest BCUT2D eigenvalue weighted by Crippen LogP contribution is 2.45. The molecule has 13 heteroatoms. The molecule has 4 aromatic rings. The number of anilines is 1. The van der Waals surface area contributed by atoms with Gasteiger partial charge in [0.05, 0.1) is 40.6 Å². The van der Waals surface area contributed by atoms with Crippen molar-refractivity contribution < 1.29 is 18.3 Å². The molecule has 8 rings (SSSR count). The van der Waals surface area contributed by atoms with Crippen LogP contribution in [-0.2, 0) is 19.9 Å². The molecule has 2 saturated heterocycles. The lowest BCUT2D eigenvalue weighted by atomic mass is 9.72. The SMILES string of the molecule is CC1(C)CCC(CN2CCN(S(=O)(=O)c3ccc(NCC4CN(C5CC5)CCO4)c(Cl)c3)C(c3c([O])cnc4[nH]ccc34)C2)=C(c2ccc(Cl)cc2)C1. The third kappa shape index (κ3) is 7.85. The number of aromatic nitrogens is 2. The summed E-state index contributed by atoms with van der Waals surface area (Å²) in [6.07, 6.45) is 8.53. The summed E-state index contributed by atoms with van der Waals surface area (Å²) in [6.45, 7) is 9.50. The normalized spacial score (nSPS) is 23.5. The number of piperazine rings is 1. The third-order valence-electron chi connectivity index (χ3n) is 11.4. The second kappa shape index (κ2) is 14.8. The number of morpholine rings is 1. The van der Waals surface area contributed by atoms with E-state index in [-0.39, 0.29) is 28.7 Å². The smallest absolute Gasteiger partial charge is 0.243 e. The molecule has 3 fully saturated rings. The summed E-state index contributed by atoms with van der Waals surface area (Å²) < 4.78 is 36.7. The molecule has 4 heterocycles. The second-order valence-corrected chi connectivity index (χ2v) is 18.5. The molecule has 281 valence electrons. The molecular formula is C40H47Cl2N6O4S. The molecule has 53 heavy (non-hydrogen) atoms. The molecule has 2 aromatic heterocycles. The highest BCUT2D eigenvalue weighted by molar-refractivity contribution is 7.89. The largest absolute Gasteiger partial charge is 0.381 e. The van der Waals surface area contributed by atoms with Crippen LogP contribution in [0.3, 0.4) is 0 Å². The van der Waals surface area contributed by atoms with Crippen molar-refractivity contribution in [3.05, 3.63) is 87.7 Å². The molecule has 1 radical (unpaired) electrons. The van der Waals surface area contributed by atoms with E-state index in [0.29, 0.717) is 71.2 Å². The van der Waals surface area contributed by atoms with Crippen molar-refractivity contribution >= 4 is 55.5 Å². The lowest BCUT2D eigenvalue weighted by Crippen LogP contribution is -2.51. The first-order valence-electron chi connectivity index (χ1n) is 18.7. The fraction of sp³-hybridized carbons (Fsp3) is 0.475. The van der Waals surface area contributed by atoms with Crippen LogP contribution in [0.4, 0.5) is 5.69 Å². The lowest BCUT2D eigenvalue weighted by Gasteiger charge is -2.42. The van der Waals surface area contributed by atoms with Crippen LogP contribution in [0.25, 0.3) is 16.6 Å². The van der Waals surface area contributed by atoms with Crippen molar-refractivity contribution in [2.45, 2.75) is 69.0 Å². The lowest BCUT2D eigenvalue weighted by molar-refractivity contribution is -0.0241. The minimum atomic E-state index is -4.07. The number of ether oxygens (including phenoxy) is 1. The van der Waals surface area contributed by atoms with E-state index in [2.05, 4.69) is 51.1 Å². The van der Waals surface area contributed by atoms with Gasteiger partial charge in [-0.1, -0.05) is 54.8 Å². The molecule has 0 bridgehead atoms. The fourth-order valence-electron chi connectivity index (χ4n) is 8.37. The van der Waals surface area contributed by atoms with Gasteiger partial charge >= 0.3 is 0 Å². The molecule has 1 saturated carbocycles. The van der Waals surface area contributed by atoms with Gasteiger partial charge in [0.1, 0.15) is 5.65 Å². The van der Waals surface area contributed by atoms with E-state index in [0.717, 1.165) is 32.4 Å². The van der Waals surface area contributed by atoms with Gasteiger partial charge < -0.3 is 15.0 Å². The van der Waals surface area contributed by atoms with Gasteiger partial charge in [-0.05, 0) is 85.1 Å². The Kier molecular flexibility index (Phi) is 10.3. The maximum atomic E-state index is 14.6. The number of rotatable bonds is 10. The molecule has 2 atom stereocenters. The Bertz CT molecular complexity index is 2120. The molecule has 2 aliphatic heterocycles. The molecule has 2 N–H and O–H groups in total. The van der Waals surface area contributed by atoms with Crippen LogP contribution in [-0.4, -0.2) is 97.1 Å². The maximum absolute atomic E-state index is 14.6. The number of hydrogen-bond acceptors (Lipinski definition) is 7. The summed E-state index contributed by atoms with van der Waals surface area (Å²) in [7, 11) is -4.07. The summed E-state index contributed by atoms with van der Waals surface area (Å²) in [5, 5.41) is 18.7. The number of halogens is 2. The Morgan fingerprint density at radius 3 is 2.62 bits per heavy atom. The van der Waals surface area contributed by atoms with Gasteiger partial charge in [0, 0.05) is 74.0 Å². The van der Waals surface area contributed by atoms with Gasteiger partial charge in [0.15, 0.2) is 0 Å². The summed E-state index contributed by atoms with van der Waals surface area (Å²) >= 11 is 13.0. The Hall–Kier alpha value is -3.16. The van der Waals surface area contributed by atoms with Gasteiger partial charge in [-0.15, -0.1) is 0 Å². The number of nitrogens with one attached hydrogen (secondary N) is 2. The van der Waals surface area contributed by atoms with Crippen LogP contribution in [0.1, 0.15) is 63.1 Å². The number of benzene rings is 2. The molecular weight excluding hydrogens is 731 g/mol. The van der Waals surface area contributed by atoms with Gasteiger partial charge in [0.2, 0.25) is 15.8 Å². The van der Waals surface area contributed by atoms with Crippen molar-refractivity contribution in [3.63, 3.8) is 0 Å². The number of aromatic amines is 1. The number of hydrogen-bond donors (Lipinski definition) is 2. The van der Waals surface area contributed by atoms with Gasteiger partial charge in [-0.2, -0.15) is 4.31 Å². The number of H-pyrrole nitrogens is 1. The van der Waals surface area contributed by atoms with E-state index in [1.54, 1.807) is 18.3 Å². The minimum Gasteiger partial charge on any atom is -0.381 e. The highest BCUT2D eigenvalue weighted by Gasteiger charge is 2.41.